The fourth-order valence-corrected chi connectivity index (χ4v) is 2.87. The van der Waals surface area contributed by atoms with Crippen molar-refractivity contribution in [2.75, 3.05) is 12.3 Å². The third kappa shape index (κ3) is 2.82. The average Bonchev–Trinajstić information content (AvgIpc) is 2.75. The molecule has 0 saturated carbocycles. The third-order valence-corrected chi connectivity index (χ3v) is 4.47. The molecule has 1 heterocycles. The van der Waals surface area contributed by atoms with Crippen molar-refractivity contribution in [1.82, 2.24) is 0 Å². The molecule has 2 rings (SSSR count). The molecular weight excluding hydrogens is 326 g/mol. The fraction of sp³-hybridized carbons (Fsp3) is 0.214. The Balaban J connectivity index is 2.50. The zero-order valence-corrected chi connectivity index (χ0v) is 13.1. The largest absolute Gasteiger partial charge is 0.462 e. The predicted octanol–water partition coefficient (Wildman–Crippen LogP) is 4.24. The van der Waals surface area contributed by atoms with Crippen molar-refractivity contribution < 1.29 is 9.53 Å². The van der Waals surface area contributed by atoms with E-state index in [0.29, 0.717) is 17.2 Å². The molecule has 3 nitrogen and oxygen atoms in total. The highest BCUT2D eigenvalue weighted by Crippen LogP contribution is 2.35. The lowest BCUT2D eigenvalue weighted by Gasteiger charge is -2.07. The lowest BCUT2D eigenvalue weighted by atomic mass is 10.0. The first-order chi connectivity index (χ1) is 9.04. The average molecular weight is 340 g/mol. The Morgan fingerprint density at radius 1 is 1.47 bits per heavy atom. The summed E-state index contributed by atoms with van der Waals surface area (Å²) in [5.74, 6) is -0.364. The van der Waals surface area contributed by atoms with Gasteiger partial charge in [-0.1, -0.05) is 28.1 Å². The van der Waals surface area contributed by atoms with Crippen molar-refractivity contribution in [2.24, 2.45) is 0 Å². The van der Waals surface area contributed by atoms with Crippen LogP contribution in [0.4, 0.5) is 5.00 Å². The highest BCUT2D eigenvalue weighted by Gasteiger charge is 2.19. The summed E-state index contributed by atoms with van der Waals surface area (Å²) in [6, 6.07) is 5.95. The lowest BCUT2D eigenvalue weighted by molar-refractivity contribution is 0.0529. The van der Waals surface area contributed by atoms with Crippen LogP contribution in [0, 0.1) is 6.92 Å². The van der Waals surface area contributed by atoms with Gasteiger partial charge in [-0.3, -0.25) is 0 Å². The number of anilines is 1. The molecule has 0 amide bonds. The second-order valence-electron chi connectivity index (χ2n) is 4.07. The lowest BCUT2D eigenvalue weighted by Crippen LogP contribution is -2.07. The van der Waals surface area contributed by atoms with Crippen molar-refractivity contribution in [3.8, 4) is 11.1 Å². The molecular formula is C14H14BrNO2S. The highest BCUT2D eigenvalue weighted by molar-refractivity contribution is 9.10. The van der Waals surface area contributed by atoms with Gasteiger partial charge >= 0.3 is 5.97 Å². The van der Waals surface area contributed by atoms with Crippen LogP contribution in [0.3, 0.4) is 0 Å². The van der Waals surface area contributed by atoms with Crippen LogP contribution < -0.4 is 5.73 Å². The summed E-state index contributed by atoms with van der Waals surface area (Å²) in [7, 11) is 0. The van der Waals surface area contributed by atoms with Crippen LogP contribution in [-0.4, -0.2) is 12.6 Å². The van der Waals surface area contributed by atoms with Gasteiger partial charge in [-0.25, -0.2) is 4.79 Å². The minimum absolute atomic E-state index is 0.340. The minimum atomic E-state index is -0.364. The number of halogens is 1. The normalized spacial score (nSPS) is 10.5. The first-order valence-corrected chi connectivity index (χ1v) is 7.52. The van der Waals surface area contributed by atoms with Crippen LogP contribution in [0.25, 0.3) is 11.1 Å². The van der Waals surface area contributed by atoms with Crippen LogP contribution in [0.1, 0.15) is 22.8 Å². The van der Waals surface area contributed by atoms with Crippen molar-refractivity contribution in [2.45, 2.75) is 13.8 Å². The summed E-state index contributed by atoms with van der Waals surface area (Å²) in [5.41, 5.74) is 9.26. The standard InChI is InChI=1S/C14H14BrNO2S/c1-3-18-14(17)12-10(7-19-13(12)16)9-4-5-11(15)8(2)6-9/h4-7H,3,16H2,1-2H3. The van der Waals surface area contributed by atoms with E-state index in [1.54, 1.807) is 6.92 Å². The summed E-state index contributed by atoms with van der Waals surface area (Å²) in [4.78, 5) is 12.0. The molecule has 0 unspecified atom stereocenters. The van der Waals surface area contributed by atoms with E-state index in [1.807, 2.05) is 30.5 Å². The molecule has 0 spiro atoms. The molecule has 2 aromatic rings. The first-order valence-electron chi connectivity index (χ1n) is 5.85. The smallest absolute Gasteiger partial charge is 0.341 e. The van der Waals surface area contributed by atoms with Gasteiger partial charge in [-0.05, 0) is 31.0 Å². The van der Waals surface area contributed by atoms with Crippen molar-refractivity contribution in [3.63, 3.8) is 0 Å². The Labute approximate surface area is 124 Å². The molecule has 5 heteroatoms. The van der Waals surface area contributed by atoms with Crippen LogP contribution in [0.5, 0.6) is 0 Å². The summed E-state index contributed by atoms with van der Waals surface area (Å²) < 4.78 is 6.10. The SMILES string of the molecule is CCOC(=O)c1c(-c2ccc(Br)c(C)c2)csc1N. The molecule has 1 aromatic heterocycles. The molecule has 100 valence electrons. The first kappa shape index (κ1) is 14.1. The van der Waals surface area contributed by atoms with Crippen LogP contribution in [0.2, 0.25) is 0 Å². The van der Waals surface area contributed by atoms with Gasteiger partial charge in [0.1, 0.15) is 10.6 Å². The maximum absolute atomic E-state index is 12.0. The van der Waals surface area contributed by atoms with Crippen molar-refractivity contribution >= 4 is 38.2 Å². The third-order valence-electron chi connectivity index (χ3n) is 2.77. The Kier molecular flexibility index (Phi) is 4.27. The number of aryl methyl sites for hydroxylation is 1. The van der Waals surface area contributed by atoms with E-state index >= 15 is 0 Å². The quantitative estimate of drug-likeness (QED) is 0.850. The molecule has 0 saturated heterocycles. The number of benzene rings is 1. The number of rotatable bonds is 3. The zero-order chi connectivity index (χ0) is 14.0. The van der Waals surface area contributed by atoms with Crippen LogP contribution >= 0.6 is 27.3 Å². The van der Waals surface area contributed by atoms with E-state index in [9.17, 15) is 4.79 Å². The second-order valence-corrected chi connectivity index (χ2v) is 5.84. The van der Waals surface area contributed by atoms with E-state index in [2.05, 4.69) is 15.9 Å². The van der Waals surface area contributed by atoms with Crippen molar-refractivity contribution in [3.05, 3.63) is 39.2 Å². The summed E-state index contributed by atoms with van der Waals surface area (Å²) in [6.07, 6.45) is 0. The molecule has 1 aromatic carbocycles. The maximum atomic E-state index is 12.0. The zero-order valence-electron chi connectivity index (χ0n) is 10.7. The van der Waals surface area contributed by atoms with E-state index in [1.165, 1.54) is 11.3 Å². The Bertz CT molecular complexity index is 622. The van der Waals surface area contributed by atoms with Gasteiger partial charge in [-0.15, -0.1) is 11.3 Å². The highest BCUT2D eigenvalue weighted by atomic mass is 79.9. The molecule has 19 heavy (non-hydrogen) atoms. The molecule has 0 aliphatic carbocycles. The van der Waals surface area contributed by atoms with E-state index < -0.39 is 0 Å². The van der Waals surface area contributed by atoms with Crippen molar-refractivity contribution in [1.29, 1.82) is 0 Å². The monoisotopic (exact) mass is 339 g/mol. The van der Waals surface area contributed by atoms with Gasteiger partial charge in [0, 0.05) is 15.4 Å². The molecule has 0 fully saturated rings. The number of carbonyl (C=O) groups is 1. The molecule has 0 aliphatic rings. The van der Waals surface area contributed by atoms with E-state index in [4.69, 9.17) is 10.5 Å². The van der Waals surface area contributed by atoms with E-state index in [0.717, 1.165) is 21.2 Å². The predicted molar refractivity (Wildman–Crippen MR) is 82.6 cm³/mol. The Morgan fingerprint density at radius 3 is 2.84 bits per heavy atom. The molecule has 0 bridgehead atoms. The fourth-order valence-electron chi connectivity index (χ4n) is 1.81. The van der Waals surface area contributed by atoms with Gasteiger partial charge in [0.2, 0.25) is 0 Å². The number of nitrogens with two attached hydrogens (primary N) is 1. The summed E-state index contributed by atoms with van der Waals surface area (Å²) in [6.45, 7) is 4.13. The van der Waals surface area contributed by atoms with Crippen LogP contribution in [-0.2, 0) is 4.74 Å². The van der Waals surface area contributed by atoms with Gasteiger partial charge in [-0.2, -0.15) is 0 Å². The van der Waals surface area contributed by atoms with Gasteiger partial charge in [0.25, 0.3) is 0 Å². The van der Waals surface area contributed by atoms with Gasteiger partial charge in [0.15, 0.2) is 0 Å². The summed E-state index contributed by atoms with van der Waals surface area (Å²) >= 11 is 4.82. The number of thiophene rings is 1. The second kappa shape index (κ2) is 5.75. The van der Waals surface area contributed by atoms with Crippen LogP contribution in [0.15, 0.2) is 28.1 Å². The Hall–Kier alpha value is -1.33. The molecule has 0 radical (unpaired) electrons. The Morgan fingerprint density at radius 2 is 2.21 bits per heavy atom. The number of carbonyl (C=O) groups excluding carboxylic acids is 1. The number of nitrogen functional groups attached to an aromatic ring is 1. The summed E-state index contributed by atoms with van der Waals surface area (Å²) in [5, 5.41) is 2.39. The minimum Gasteiger partial charge on any atom is -0.462 e. The molecule has 0 atom stereocenters. The number of hydrogen-bond acceptors (Lipinski definition) is 4. The van der Waals surface area contributed by atoms with Gasteiger partial charge < -0.3 is 10.5 Å². The molecule has 0 aliphatic heterocycles. The number of hydrogen-bond donors (Lipinski definition) is 1. The van der Waals surface area contributed by atoms with E-state index in [-0.39, 0.29) is 5.97 Å². The maximum Gasteiger partial charge on any atom is 0.341 e. The number of ether oxygens (including phenoxy) is 1. The topological polar surface area (TPSA) is 52.3 Å². The molecule has 2 N–H and O–H groups in total. The number of esters is 1. The van der Waals surface area contributed by atoms with Gasteiger partial charge in [0.05, 0.1) is 6.61 Å².